The molecule has 2 aliphatic heterocycles. The predicted octanol–water partition coefficient (Wildman–Crippen LogP) is 1.86. The average Bonchev–Trinajstić information content (AvgIpc) is 2.76. The molecule has 0 radical (unpaired) electrons. The molecule has 0 aliphatic carbocycles. The molecule has 3 atom stereocenters. The van der Waals surface area contributed by atoms with Crippen molar-refractivity contribution in [2.75, 3.05) is 31.7 Å². The van der Waals surface area contributed by atoms with E-state index in [4.69, 9.17) is 9.84 Å². The molecule has 0 spiro atoms. The first-order chi connectivity index (χ1) is 13.7. The van der Waals surface area contributed by atoms with E-state index in [2.05, 4.69) is 27.8 Å². The predicted molar refractivity (Wildman–Crippen MR) is 111 cm³/mol. The van der Waals surface area contributed by atoms with E-state index in [0.29, 0.717) is 11.3 Å². The molecule has 1 aromatic carbocycles. The number of piperidine rings is 1. The van der Waals surface area contributed by atoms with Crippen molar-refractivity contribution >= 4 is 23.7 Å². The summed E-state index contributed by atoms with van der Waals surface area (Å²) < 4.78 is 8.10. The van der Waals surface area contributed by atoms with Gasteiger partial charge in [-0.25, -0.2) is 0 Å². The minimum Gasteiger partial charge on any atom is -0.400 e. The lowest BCUT2D eigenvalue weighted by Crippen LogP contribution is -2.46. The number of aliphatic hydroxyl groups is 3. The largest absolute Gasteiger partial charge is 0.400 e. The van der Waals surface area contributed by atoms with E-state index in [1.807, 2.05) is 18.2 Å². The van der Waals surface area contributed by atoms with Crippen LogP contribution in [0.3, 0.4) is 0 Å². The number of nitrogens with zero attached hydrogens (tertiary/aromatic N) is 2. The molecule has 0 aromatic heterocycles. The average molecular weight is 408 g/mol. The van der Waals surface area contributed by atoms with Crippen molar-refractivity contribution < 1.29 is 20.1 Å². The summed E-state index contributed by atoms with van der Waals surface area (Å²) in [5.41, 5.74) is 2.18. The summed E-state index contributed by atoms with van der Waals surface area (Å²) in [7, 11) is 1.00. The summed E-state index contributed by atoms with van der Waals surface area (Å²) in [5.74, 6) is 0. The molecule has 0 amide bonds. The van der Waals surface area contributed by atoms with Gasteiger partial charge in [-0.05, 0) is 61.4 Å². The lowest BCUT2D eigenvalue weighted by Gasteiger charge is -2.31. The second kappa shape index (κ2) is 12.1. The van der Waals surface area contributed by atoms with Gasteiger partial charge in [0.25, 0.3) is 0 Å². The number of hydrogen-bond acceptors (Lipinski definition) is 8. The van der Waals surface area contributed by atoms with Gasteiger partial charge in [-0.3, -0.25) is 4.72 Å². The highest BCUT2D eigenvalue weighted by atomic mass is 32.2. The van der Waals surface area contributed by atoms with Crippen LogP contribution in [0.5, 0.6) is 0 Å². The Labute approximate surface area is 170 Å². The van der Waals surface area contributed by atoms with Crippen LogP contribution < -0.4 is 9.62 Å². The Morgan fingerprint density at radius 1 is 1.21 bits per heavy atom. The molecule has 1 aromatic rings. The molecule has 0 bridgehead atoms. The van der Waals surface area contributed by atoms with E-state index in [9.17, 15) is 15.5 Å². The third kappa shape index (κ3) is 6.78. The number of nitrogens with one attached hydrogen (secondary N) is 1. The maximum absolute atomic E-state index is 9.80. The normalized spacial score (nSPS) is 25.5. The molecule has 28 heavy (non-hydrogen) atoms. The van der Waals surface area contributed by atoms with Crippen LogP contribution in [0.4, 0.5) is 5.69 Å². The molecule has 4 N–H and O–H groups in total. The summed E-state index contributed by atoms with van der Waals surface area (Å²) in [4.78, 5) is 2.89. The van der Waals surface area contributed by atoms with Crippen molar-refractivity contribution in [1.82, 2.24) is 4.72 Å². The van der Waals surface area contributed by atoms with Gasteiger partial charge in [0.05, 0.1) is 18.8 Å². The zero-order chi connectivity index (χ0) is 20.4. The lowest BCUT2D eigenvalue weighted by atomic mass is 10.1. The Hall–Kier alpha value is -1.60. The lowest BCUT2D eigenvalue weighted by molar-refractivity contribution is -0.168. The van der Waals surface area contributed by atoms with E-state index >= 15 is 0 Å². The number of ether oxygens (including phenoxy) is 1. The first kappa shape index (κ1) is 22.7. The molecular weight excluding hydrogens is 378 g/mol. The second-order valence-electron chi connectivity index (χ2n) is 6.70. The minimum absolute atomic E-state index is 0.133. The van der Waals surface area contributed by atoms with Crippen molar-refractivity contribution in [3.8, 4) is 6.07 Å². The van der Waals surface area contributed by atoms with E-state index in [0.717, 1.165) is 37.7 Å². The van der Waals surface area contributed by atoms with Gasteiger partial charge >= 0.3 is 0 Å². The number of rotatable bonds is 5. The third-order valence-electron chi connectivity index (χ3n) is 4.67. The molecule has 2 aliphatic rings. The van der Waals surface area contributed by atoms with Crippen molar-refractivity contribution in [3.63, 3.8) is 0 Å². The zero-order valence-corrected chi connectivity index (χ0v) is 16.9. The van der Waals surface area contributed by atoms with E-state index < -0.39 is 18.4 Å². The maximum Gasteiger partial charge on any atom is 0.171 e. The summed E-state index contributed by atoms with van der Waals surface area (Å²) >= 11 is 1.15. The fourth-order valence-electron chi connectivity index (χ4n) is 3.22. The fraction of sp³-hybridized carbons (Fsp3) is 0.550. The van der Waals surface area contributed by atoms with E-state index in [1.54, 1.807) is 0 Å². The molecule has 3 rings (SSSR count). The van der Waals surface area contributed by atoms with Crippen LogP contribution in [0.2, 0.25) is 0 Å². The van der Waals surface area contributed by atoms with Crippen LogP contribution in [-0.2, 0) is 4.74 Å². The Balaban J connectivity index is 0.00000136. The quantitative estimate of drug-likeness (QED) is 0.433. The molecule has 2 saturated heterocycles. The van der Waals surface area contributed by atoms with Gasteiger partial charge < -0.3 is 25.0 Å². The number of anilines is 1. The Morgan fingerprint density at radius 2 is 1.89 bits per heavy atom. The van der Waals surface area contributed by atoms with Crippen molar-refractivity contribution in [2.24, 2.45) is 0 Å². The van der Waals surface area contributed by atoms with Crippen LogP contribution in [0.25, 0.3) is 6.08 Å². The number of allylic oxidation sites excluding steroid dienone is 1. The standard InChI is InChI=1S/C19H25N3O3S.CH4O/c20-12-17(26-21-18-11-16(23)13-25-19(18)24)10-14-4-6-15(7-5-14)22-8-2-1-3-9-22;1-2/h4-7,10,16,18-19,21,23-24H,1-3,8-9,11,13H2;2H,1H3/b17-10+;/t16?,18-,19?;/m1./s1. The summed E-state index contributed by atoms with van der Waals surface area (Å²) in [6, 6.07) is 9.97. The van der Waals surface area contributed by atoms with Gasteiger partial charge in [-0.1, -0.05) is 12.1 Å². The van der Waals surface area contributed by atoms with Crippen molar-refractivity contribution in [3.05, 3.63) is 34.7 Å². The smallest absolute Gasteiger partial charge is 0.171 e. The minimum atomic E-state index is -0.977. The van der Waals surface area contributed by atoms with Gasteiger partial charge in [0.1, 0.15) is 11.0 Å². The highest BCUT2D eigenvalue weighted by molar-refractivity contribution is 8.01. The van der Waals surface area contributed by atoms with Gasteiger partial charge in [0.15, 0.2) is 6.29 Å². The first-order valence-corrected chi connectivity index (χ1v) is 10.3. The Bertz CT molecular complexity index is 656. The number of benzene rings is 1. The van der Waals surface area contributed by atoms with Crippen LogP contribution in [0, 0.1) is 11.3 Å². The molecule has 0 saturated carbocycles. The number of hydrogen-bond donors (Lipinski definition) is 4. The van der Waals surface area contributed by atoms with Gasteiger partial charge in [0, 0.05) is 25.9 Å². The molecule has 7 nitrogen and oxygen atoms in total. The Morgan fingerprint density at radius 3 is 2.54 bits per heavy atom. The van der Waals surface area contributed by atoms with Crippen molar-refractivity contribution in [1.29, 1.82) is 5.26 Å². The Kier molecular flexibility index (Phi) is 9.78. The molecule has 2 heterocycles. The zero-order valence-electron chi connectivity index (χ0n) is 16.1. The van der Waals surface area contributed by atoms with Gasteiger partial charge in [0.2, 0.25) is 0 Å². The number of nitriles is 1. The topological polar surface area (TPSA) is 109 Å². The highest BCUT2D eigenvalue weighted by Crippen LogP contribution is 2.23. The van der Waals surface area contributed by atoms with Gasteiger partial charge in [-0.2, -0.15) is 5.26 Å². The summed E-state index contributed by atoms with van der Waals surface area (Å²) in [6.45, 7) is 2.35. The van der Waals surface area contributed by atoms with Crippen LogP contribution in [-0.4, -0.2) is 60.6 Å². The molecule has 8 heteroatoms. The SMILES string of the molecule is CO.N#C/C(=C\c1ccc(N2CCCCC2)cc1)SN[C@@H]1CC(O)COC1O. The monoisotopic (exact) mass is 407 g/mol. The van der Waals surface area contributed by atoms with Crippen LogP contribution in [0.1, 0.15) is 31.2 Å². The molecule has 2 fully saturated rings. The third-order valence-corrected chi connectivity index (χ3v) is 5.52. The maximum atomic E-state index is 9.80. The van der Waals surface area contributed by atoms with E-state index in [1.165, 1.54) is 24.9 Å². The number of aliphatic hydroxyl groups excluding tert-OH is 3. The fourth-order valence-corrected chi connectivity index (χ4v) is 3.95. The first-order valence-electron chi connectivity index (χ1n) is 9.47. The molecule has 154 valence electrons. The highest BCUT2D eigenvalue weighted by Gasteiger charge is 2.29. The van der Waals surface area contributed by atoms with Gasteiger partial charge in [-0.15, -0.1) is 0 Å². The van der Waals surface area contributed by atoms with Crippen LogP contribution in [0.15, 0.2) is 29.2 Å². The summed E-state index contributed by atoms with van der Waals surface area (Å²) in [5, 5.41) is 35.8. The van der Waals surface area contributed by atoms with Crippen LogP contribution >= 0.6 is 11.9 Å². The molecular formula is C20H29N3O4S. The molecule has 2 unspecified atom stereocenters. The van der Waals surface area contributed by atoms with E-state index in [-0.39, 0.29) is 6.61 Å². The van der Waals surface area contributed by atoms with Crippen molar-refractivity contribution in [2.45, 2.75) is 44.1 Å². The second-order valence-corrected chi connectivity index (χ2v) is 7.58. The summed E-state index contributed by atoms with van der Waals surface area (Å²) in [6.07, 6.45) is 4.41.